The average Bonchev–Trinajstić information content (AvgIpc) is 2.40. The van der Waals surface area contributed by atoms with Gasteiger partial charge in [0.05, 0.1) is 5.69 Å². The van der Waals surface area contributed by atoms with Crippen LogP contribution >= 0.6 is 0 Å². The van der Waals surface area contributed by atoms with Crippen molar-refractivity contribution in [2.24, 2.45) is 0 Å². The van der Waals surface area contributed by atoms with Gasteiger partial charge in [-0.2, -0.15) is 0 Å². The Bertz CT molecular complexity index is 365. The van der Waals surface area contributed by atoms with Crippen LogP contribution in [-0.4, -0.2) is 29.0 Å². The lowest BCUT2D eigenvalue weighted by molar-refractivity contribution is 0.151. The fourth-order valence-electron chi connectivity index (χ4n) is 2.54. The summed E-state index contributed by atoms with van der Waals surface area (Å²) in [6, 6.07) is 4.95. The van der Waals surface area contributed by atoms with Crippen molar-refractivity contribution >= 4 is 5.69 Å². The highest BCUT2D eigenvalue weighted by molar-refractivity contribution is 5.43. The molecule has 0 saturated carbocycles. The highest BCUT2D eigenvalue weighted by atomic mass is 15.2. The summed E-state index contributed by atoms with van der Waals surface area (Å²) in [5, 5.41) is 3.42. The number of hydrogen-bond donors (Lipinski definition) is 1. The van der Waals surface area contributed by atoms with Gasteiger partial charge in [-0.15, -0.1) is 0 Å². The van der Waals surface area contributed by atoms with Gasteiger partial charge < -0.3 is 5.32 Å². The molecule has 0 aliphatic carbocycles. The number of aromatic nitrogens is 1. The van der Waals surface area contributed by atoms with E-state index in [0.717, 1.165) is 19.5 Å². The first-order valence-corrected chi connectivity index (χ1v) is 7.22. The van der Waals surface area contributed by atoms with Gasteiger partial charge in [0.1, 0.15) is 0 Å². The molecule has 1 saturated heterocycles. The van der Waals surface area contributed by atoms with Crippen molar-refractivity contribution in [2.75, 3.05) is 18.4 Å². The number of pyridine rings is 1. The summed E-state index contributed by atoms with van der Waals surface area (Å²) < 4.78 is 0. The molecule has 2 rings (SSSR count). The number of piperidine rings is 1. The van der Waals surface area contributed by atoms with E-state index in [1.54, 1.807) is 0 Å². The summed E-state index contributed by atoms with van der Waals surface area (Å²) in [4.78, 5) is 7.05. The maximum Gasteiger partial charge on any atom is 0.0564 e. The second-order valence-corrected chi connectivity index (χ2v) is 5.28. The molecule has 1 fully saturated rings. The summed E-state index contributed by atoms with van der Waals surface area (Å²) in [6.07, 6.45) is 7.11. The molecular formula is C15H25N3. The molecule has 1 unspecified atom stereocenters. The van der Waals surface area contributed by atoms with Gasteiger partial charge in [-0.05, 0) is 44.9 Å². The molecule has 100 valence electrons. The molecule has 3 nitrogen and oxygen atoms in total. The highest BCUT2D eigenvalue weighted by Crippen LogP contribution is 2.19. The quantitative estimate of drug-likeness (QED) is 0.865. The van der Waals surface area contributed by atoms with Crippen molar-refractivity contribution < 1.29 is 0 Å². The van der Waals surface area contributed by atoms with Crippen LogP contribution in [0.1, 0.15) is 45.2 Å². The number of hydrogen-bond acceptors (Lipinski definition) is 3. The molecule has 1 aliphatic rings. The first kappa shape index (κ1) is 13.3. The van der Waals surface area contributed by atoms with E-state index in [1.165, 1.54) is 37.2 Å². The molecule has 0 spiro atoms. The Hall–Kier alpha value is -1.09. The van der Waals surface area contributed by atoms with Gasteiger partial charge >= 0.3 is 0 Å². The number of nitrogens with zero attached hydrogens (tertiary/aromatic N) is 2. The maximum absolute atomic E-state index is 4.49. The van der Waals surface area contributed by atoms with Crippen LogP contribution in [0.15, 0.2) is 18.3 Å². The summed E-state index contributed by atoms with van der Waals surface area (Å²) in [5.74, 6) is 0. The van der Waals surface area contributed by atoms with E-state index in [9.17, 15) is 0 Å². The predicted octanol–water partition coefficient (Wildman–Crippen LogP) is 3.28. The molecule has 1 N–H and O–H groups in total. The van der Waals surface area contributed by atoms with E-state index in [-0.39, 0.29) is 0 Å². The number of likely N-dealkylation sites (tertiary alicyclic amines) is 1. The molecule has 0 amide bonds. The summed E-state index contributed by atoms with van der Waals surface area (Å²) in [5.41, 5.74) is 2.39. The van der Waals surface area contributed by atoms with E-state index < -0.39 is 0 Å². The van der Waals surface area contributed by atoms with Crippen LogP contribution in [0.5, 0.6) is 0 Å². The Labute approximate surface area is 111 Å². The van der Waals surface area contributed by atoms with E-state index in [4.69, 9.17) is 0 Å². The molecule has 1 aromatic rings. The molecule has 3 heteroatoms. The van der Waals surface area contributed by atoms with Crippen LogP contribution in [-0.2, 0) is 6.54 Å². The van der Waals surface area contributed by atoms with E-state index in [1.807, 2.05) is 6.20 Å². The molecule has 2 heterocycles. The zero-order valence-corrected chi connectivity index (χ0v) is 11.7. The van der Waals surface area contributed by atoms with E-state index in [2.05, 4.69) is 41.2 Å². The topological polar surface area (TPSA) is 28.2 Å². The van der Waals surface area contributed by atoms with Crippen molar-refractivity contribution in [1.82, 2.24) is 9.88 Å². The normalized spacial score (nSPS) is 20.9. The largest absolute Gasteiger partial charge is 0.385 e. The van der Waals surface area contributed by atoms with Crippen LogP contribution in [0.25, 0.3) is 0 Å². The third-order valence-corrected chi connectivity index (χ3v) is 3.70. The fourth-order valence-corrected chi connectivity index (χ4v) is 2.54. The lowest BCUT2D eigenvalue weighted by atomic mass is 10.0. The fraction of sp³-hybridized carbons (Fsp3) is 0.667. The lowest BCUT2D eigenvalue weighted by Gasteiger charge is -2.33. The zero-order valence-electron chi connectivity index (χ0n) is 11.7. The Morgan fingerprint density at radius 2 is 2.33 bits per heavy atom. The number of rotatable bonds is 5. The molecule has 1 atom stereocenters. The minimum Gasteiger partial charge on any atom is -0.385 e. The van der Waals surface area contributed by atoms with Gasteiger partial charge in [-0.3, -0.25) is 9.88 Å². The molecule has 1 aromatic heterocycles. The van der Waals surface area contributed by atoms with Crippen LogP contribution in [0, 0.1) is 0 Å². The second-order valence-electron chi connectivity index (χ2n) is 5.28. The second kappa shape index (κ2) is 6.74. The molecule has 18 heavy (non-hydrogen) atoms. The van der Waals surface area contributed by atoms with Gasteiger partial charge in [-0.25, -0.2) is 0 Å². The molecule has 1 aliphatic heterocycles. The monoisotopic (exact) mass is 247 g/mol. The van der Waals surface area contributed by atoms with Gasteiger partial charge in [0.2, 0.25) is 0 Å². The SMILES string of the molecule is CCCNc1ccnc(CN2CCCCC2C)c1. The smallest absolute Gasteiger partial charge is 0.0564 e. The van der Waals surface area contributed by atoms with Crippen LogP contribution in [0.2, 0.25) is 0 Å². The van der Waals surface area contributed by atoms with Gasteiger partial charge in [0, 0.05) is 31.0 Å². The molecule has 0 aromatic carbocycles. The standard InChI is InChI=1S/C15H25N3/c1-3-8-16-14-7-9-17-15(11-14)12-18-10-5-4-6-13(18)2/h7,9,11,13H,3-6,8,10,12H2,1-2H3,(H,16,17). The van der Waals surface area contributed by atoms with Crippen molar-refractivity contribution in [3.8, 4) is 0 Å². The van der Waals surface area contributed by atoms with E-state index in [0.29, 0.717) is 6.04 Å². The van der Waals surface area contributed by atoms with Crippen molar-refractivity contribution in [1.29, 1.82) is 0 Å². The van der Waals surface area contributed by atoms with Crippen LogP contribution in [0.3, 0.4) is 0 Å². The minimum absolute atomic E-state index is 0.702. The molecule has 0 bridgehead atoms. The van der Waals surface area contributed by atoms with Crippen LogP contribution < -0.4 is 5.32 Å². The van der Waals surface area contributed by atoms with Gasteiger partial charge in [0.25, 0.3) is 0 Å². The van der Waals surface area contributed by atoms with Crippen molar-refractivity contribution in [3.63, 3.8) is 0 Å². The third kappa shape index (κ3) is 3.70. The summed E-state index contributed by atoms with van der Waals surface area (Å²) in [7, 11) is 0. The predicted molar refractivity (Wildman–Crippen MR) is 76.7 cm³/mol. The lowest BCUT2D eigenvalue weighted by Crippen LogP contribution is -2.36. The highest BCUT2D eigenvalue weighted by Gasteiger charge is 2.18. The first-order valence-electron chi connectivity index (χ1n) is 7.22. The summed E-state index contributed by atoms with van der Waals surface area (Å²) >= 11 is 0. The maximum atomic E-state index is 4.49. The van der Waals surface area contributed by atoms with Gasteiger partial charge in [-0.1, -0.05) is 13.3 Å². The van der Waals surface area contributed by atoms with E-state index >= 15 is 0 Å². The Morgan fingerprint density at radius 3 is 3.11 bits per heavy atom. The Balaban J connectivity index is 1.95. The summed E-state index contributed by atoms with van der Waals surface area (Å²) in [6.45, 7) is 7.75. The molecule has 0 radical (unpaired) electrons. The minimum atomic E-state index is 0.702. The zero-order chi connectivity index (χ0) is 12.8. The number of anilines is 1. The van der Waals surface area contributed by atoms with Crippen molar-refractivity contribution in [3.05, 3.63) is 24.0 Å². The first-order chi connectivity index (χ1) is 8.79. The molecular weight excluding hydrogens is 222 g/mol. The van der Waals surface area contributed by atoms with Gasteiger partial charge in [0.15, 0.2) is 0 Å². The number of nitrogens with one attached hydrogen (secondary N) is 1. The Kier molecular flexibility index (Phi) is 5.00. The van der Waals surface area contributed by atoms with Crippen molar-refractivity contribution in [2.45, 2.75) is 52.1 Å². The Morgan fingerprint density at radius 1 is 1.44 bits per heavy atom. The average molecular weight is 247 g/mol. The van der Waals surface area contributed by atoms with Crippen LogP contribution in [0.4, 0.5) is 5.69 Å². The third-order valence-electron chi connectivity index (χ3n) is 3.70.